The van der Waals surface area contributed by atoms with Crippen LogP contribution in [-0.4, -0.2) is 17.5 Å². The molecule has 1 N–H and O–H groups in total. The van der Waals surface area contributed by atoms with Crippen LogP contribution in [0.4, 0.5) is 5.69 Å². The number of hydrogen-bond donors (Lipinski definition) is 1. The molecule has 1 amide bonds. The third-order valence-corrected chi connectivity index (χ3v) is 6.09. The summed E-state index contributed by atoms with van der Waals surface area (Å²) in [6.45, 7) is 6.60. The molecule has 1 atom stereocenters. The van der Waals surface area contributed by atoms with Gasteiger partial charge in [-0.2, -0.15) is 0 Å². The largest absolute Gasteiger partial charge is 0.368 e. The third-order valence-electron chi connectivity index (χ3n) is 4.96. The molecule has 5 heteroatoms. The van der Waals surface area contributed by atoms with Gasteiger partial charge in [0.15, 0.2) is 0 Å². The summed E-state index contributed by atoms with van der Waals surface area (Å²) in [6, 6.07) is 21.4. The van der Waals surface area contributed by atoms with Crippen LogP contribution in [0.3, 0.4) is 0 Å². The number of benzene rings is 2. The fourth-order valence-corrected chi connectivity index (χ4v) is 4.99. The third kappa shape index (κ3) is 3.99. The molecule has 2 aromatic heterocycles. The smallest absolute Gasteiger partial charge is 0.255 e. The summed E-state index contributed by atoms with van der Waals surface area (Å²) in [5.41, 5.74) is 4.51. The van der Waals surface area contributed by atoms with E-state index in [0.29, 0.717) is 12.2 Å². The minimum atomic E-state index is -0.277. The second-order valence-electron chi connectivity index (χ2n) is 7.17. The van der Waals surface area contributed by atoms with Crippen molar-refractivity contribution >= 4 is 33.1 Å². The second kappa shape index (κ2) is 8.78. The Morgan fingerprint density at radius 1 is 1.07 bits per heavy atom. The molecule has 4 nitrogen and oxygen atoms in total. The first-order valence-electron chi connectivity index (χ1n) is 10.0. The number of thiophene rings is 1. The fourth-order valence-electron chi connectivity index (χ4n) is 3.66. The van der Waals surface area contributed by atoms with Crippen LogP contribution in [0.25, 0.3) is 10.2 Å². The van der Waals surface area contributed by atoms with Gasteiger partial charge >= 0.3 is 0 Å². The summed E-state index contributed by atoms with van der Waals surface area (Å²) in [7, 11) is 0. The summed E-state index contributed by atoms with van der Waals surface area (Å²) in [5, 5.41) is 4.15. The first-order chi connectivity index (χ1) is 14.6. The van der Waals surface area contributed by atoms with E-state index in [1.807, 2.05) is 62.4 Å². The van der Waals surface area contributed by atoms with Crippen molar-refractivity contribution in [3.8, 4) is 0 Å². The zero-order chi connectivity index (χ0) is 21.1. The molecule has 0 aliphatic rings. The highest BCUT2D eigenvalue weighted by Gasteiger charge is 2.26. The van der Waals surface area contributed by atoms with Gasteiger partial charge in [0.25, 0.3) is 5.91 Å². The molecule has 30 heavy (non-hydrogen) atoms. The Morgan fingerprint density at radius 2 is 1.73 bits per heavy atom. The van der Waals surface area contributed by atoms with Crippen molar-refractivity contribution < 1.29 is 9.53 Å². The number of aryl methyl sites for hydroxylation is 2. The molecule has 152 valence electrons. The van der Waals surface area contributed by atoms with E-state index in [-0.39, 0.29) is 12.0 Å². The van der Waals surface area contributed by atoms with E-state index in [1.165, 1.54) is 0 Å². The van der Waals surface area contributed by atoms with Gasteiger partial charge in [0.05, 0.1) is 10.6 Å². The van der Waals surface area contributed by atoms with Crippen molar-refractivity contribution in [3.05, 3.63) is 94.0 Å². The van der Waals surface area contributed by atoms with Gasteiger partial charge < -0.3 is 10.1 Å². The van der Waals surface area contributed by atoms with E-state index >= 15 is 0 Å². The summed E-state index contributed by atoms with van der Waals surface area (Å²) in [4.78, 5) is 19.7. The van der Waals surface area contributed by atoms with Gasteiger partial charge in [0, 0.05) is 23.3 Å². The number of pyridine rings is 1. The Balaban J connectivity index is 1.89. The van der Waals surface area contributed by atoms with Crippen LogP contribution >= 0.6 is 11.3 Å². The van der Waals surface area contributed by atoms with E-state index in [0.717, 1.165) is 37.6 Å². The maximum absolute atomic E-state index is 13.0. The molecular formula is C25H24N2O2S. The van der Waals surface area contributed by atoms with Gasteiger partial charge in [-0.05, 0) is 50.1 Å². The lowest BCUT2D eigenvalue weighted by molar-refractivity contribution is 0.0940. The minimum absolute atomic E-state index is 0.139. The Labute approximate surface area is 180 Å². The number of nitrogens with one attached hydrogen (secondary N) is 1. The molecule has 0 fully saturated rings. The predicted molar refractivity (Wildman–Crippen MR) is 123 cm³/mol. The number of anilines is 1. The SMILES string of the molecule is CCO[C@H](c1ccccc1)c1sc2nc(C)cc(C)c2c1NC(=O)c1ccccc1. The molecule has 2 aromatic carbocycles. The summed E-state index contributed by atoms with van der Waals surface area (Å²) < 4.78 is 6.17. The van der Waals surface area contributed by atoms with Gasteiger partial charge in [-0.1, -0.05) is 48.5 Å². The summed E-state index contributed by atoms with van der Waals surface area (Å²) in [5.74, 6) is -0.139. The highest BCUT2D eigenvalue weighted by atomic mass is 32.1. The number of carbonyl (C=O) groups excluding carboxylic acids is 1. The molecule has 0 aliphatic carbocycles. The number of nitrogens with zero attached hydrogens (tertiary/aromatic N) is 1. The number of ether oxygens (including phenoxy) is 1. The molecule has 0 bridgehead atoms. The number of fused-ring (bicyclic) bond motifs is 1. The molecule has 0 saturated carbocycles. The normalized spacial score (nSPS) is 12.1. The predicted octanol–water partition coefficient (Wildman–Crippen LogP) is 6.29. The lowest BCUT2D eigenvalue weighted by Gasteiger charge is -2.19. The van der Waals surface area contributed by atoms with Crippen LogP contribution in [0.5, 0.6) is 0 Å². The molecule has 0 radical (unpaired) electrons. The lowest BCUT2D eigenvalue weighted by atomic mass is 10.0. The van der Waals surface area contributed by atoms with Crippen LogP contribution in [0.15, 0.2) is 66.7 Å². The van der Waals surface area contributed by atoms with Gasteiger partial charge in [-0.3, -0.25) is 4.79 Å². The number of hydrogen-bond acceptors (Lipinski definition) is 4. The number of carbonyl (C=O) groups is 1. The average molecular weight is 417 g/mol. The Kier molecular flexibility index (Phi) is 5.93. The summed E-state index contributed by atoms with van der Waals surface area (Å²) >= 11 is 1.58. The van der Waals surface area contributed by atoms with Crippen LogP contribution in [0.1, 0.15) is 45.1 Å². The second-order valence-corrected chi connectivity index (χ2v) is 8.20. The zero-order valence-corrected chi connectivity index (χ0v) is 18.1. The van der Waals surface area contributed by atoms with Crippen molar-refractivity contribution in [2.24, 2.45) is 0 Å². The molecule has 2 heterocycles. The molecule has 0 saturated heterocycles. The topological polar surface area (TPSA) is 51.2 Å². The van der Waals surface area contributed by atoms with Crippen molar-refractivity contribution in [1.82, 2.24) is 4.98 Å². The first-order valence-corrected chi connectivity index (χ1v) is 10.8. The Hall–Kier alpha value is -3.02. The molecule has 0 spiro atoms. The van der Waals surface area contributed by atoms with Crippen molar-refractivity contribution in [3.63, 3.8) is 0 Å². The van der Waals surface area contributed by atoms with E-state index in [2.05, 4.69) is 30.4 Å². The lowest BCUT2D eigenvalue weighted by Crippen LogP contribution is -2.14. The Morgan fingerprint density at radius 3 is 2.40 bits per heavy atom. The summed E-state index contributed by atoms with van der Waals surface area (Å²) in [6.07, 6.45) is -0.277. The van der Waals surface area contributed by atoms with Crippen molar-refractivity contribution in [1.29, 1.82) is 0 Å². The van der Waals surface area contributed by atoms with Crippen LogP contribution in [0, 0.1) is 13.8 Å². The van der Waals surface area contributed by atoms with Gasteiger partial charge in [0.1, 0.15) is 10.9 Å². The molecule has 0 aliphatic heterocycles. The maximum Gasteiger partial charge on any atom is 0.255 e. The number of aromatic nitrogens is 1. The van der Waals surface area contributed by atoms with Crippen molar-refractivity contribution in [2.75, 3.05) is 11.9 Å². The molecule has 4 rings (SSSR count). The number of amides is 1. The highest BCUT2D eigenvalue weighted by molar-refractivity contribution is 7.19. The molecule has 0 unspecified atom stereocenters. The average Bonchev–Trinajstić information content (AvgIpc) is 3.11. The van der Waals surface area contributed by atoms with Gasteiger partial charge in [0.2, 0.25) is 0 Å². The van der Waals surface area contributed by atoms with Gasteiger partial charge in [-0.25, -0.2) is 4.98 Å². The van der Waals surface area contributed by atoms with Crippen LogP contribution < -0.4 is 5.32 Å². The fraction of sp³-hybridized carbons (Fsp3) is 0.200. The van der Waals surface area contributed by atoms with Crippen molar-refractivity contribution in [2.45, 2.75) is 26.9 Å². The monoisotopic (exact) mass is 416 g/mol. The molecular weight excluding hydrogens is 392 g/mol. The maximum atomic E-state index is 13.0. The highest BCUT2D eigenvalue weighted by Crippen LogP contribution is 2.44. The minimum Gasteiger partial charge on any atom is -0.368 e. The Bertz CT molecular complexity index is 1170. The van der Waals surface area contributed by atoms with Gasteiger partial charge in [-0.15, -0.1) is 11.3 Å². The van der Waals surface area contributed by atoms with Crippen LogP contribution in [-0.2, 0) is 4.74 Å². The molecule has 4 aromatic rings. The zero-order valence-electron chi connectivity index (χ0n) is 17.3. The number of rotatable bonds is 6. The van der Waals surface area contributed by atoms with Crippen LogP contribution in [0.2, 0.25) is 0 Å². The quantitative estimate of drug-likeness (QED) is 0.402. The van der Waals surface area contributed by atoms with E-state index in [9.17, 15) is 4.79 Å². The van der Waals surface area contributed by atoms with E-state index in [4.69, 9.17) is 9.72 Å². The van der Waals surface area contributed by atoms with E-state index in [1.54, 1.807) is 11.3 Å². The standard InChI is InChI=1S/C25H24N2O2S/c1-4-29-22(18-11-7-5-8-12-18)23-21(27-24(28)19-13-9-6-10-14-19)20-16(2)15-17(3)26-25(20)30-23/h5-15,22H,4H2,1-3H3,(H,27,28)/t22-/m1/s1. The van der Waals surface area contributed by atoms with E-state index < -0.39 is 0 Å². The first kappa shape index (κ1) is 20.3.